The zero-order valence-corrected chi connectivity index (χ0v) is 43.1. The lowest BCUT2D eigenvalue weighted by atomic mass is 9.77. The monoisotopic (exact) mass is 939 g/mol. The quantitative estimate of drug-likeness (QED) is 0.0959. The predicted octanol–water partition coefficient (Wildman–Crippen LogP) is 16.3. The Bertz CT molecular complexity index is 3970. The van der Waals surface area contributed by atoms with E-state index in [4.69, 9.17) is 11.0 Å². The number of rotatable bonds is 5. The number of nitrogens with zero attached hydrogens (tertiary/aromatic N) is 3. The van der Waals surface area contributed by atoms with Crippen LogP contribution < -0.4 is 14.3 Å². The van der Waals surface area contributed by atoms with E-state index in [2.05, 4.69) is 231 Å². The number of imidazole rings is 1. The minimum absolute atomic E-state index is 0.160. The Balaban J connectivity index is 1.16. The molecule has 5 heteroatoms. The first-order valence-electron chi connectivity index (χ1n) is 25.8. The lowest BCUT2D eigenvalue weighted by Gasteiger charge is -2.32. The number of para-hydroxylation sites is 2. The summed E-state index contributed by atoms with van der Waals surface area (Å²) in [6, 6.07) is 61.8. The Morgan fingerprint density at radius 1 is 0.648 bits per heavy atom. The van der Waals surface area contributed by atoms with E-state index in [-0.39, 0.29) is 23.8 Å². The minimum atomic E-state index is -1.66. The molecule has 2 unspecified atom stereocenters. The molecule has 0 saturated heterocycles. The molecule has 3 aromatic heterocycles. The molecule has 0 N–H and O–H groups in total. The van der Waals surface area contributed by atoms with Crippen LogP contribution in [-0.2, 0) is 6.42 Å². The van der Waals surface area contributed by atoms with Gasteiger partial charge in [0.25, 0.3) is 0 Å². The summed E-state index contributed by atoms with van der Waals surface area (Å²) in [5.41, 5.74) is 18.1. The third kappa shape index (κ3) is 6.83. The molecule has 2 atom stereocenters. The summed E-state index contributed by atoms with van der Waals surface area (Å²) in [5, 5.41) is 8.66. The van der Waals surface area contributed by atoms with Crippen molar-refractivity contribution in [3.8, 4) is 39.5 Å². The van der Waals surface area contributed by atoms with Gasteiger partial charge in [-0.3, -0.25) is 0 Å². The number of aryl methyl sites for hydroxylation is 1. The molecule has 8 aromatic carbocycles. The first kappa shape index (κ1) is 43.7. The molecule has 11 aromatic rings. The number of hydrogen-bond donors (Lipinski definition) is 0. The van der Waals surface area contributed by atoms with Crippen molar-refractivity contribution in [1.29, 1.82) is 0 Å². The maximum Gasteiger partial charge on any atom is 0.304 e. The normalized spacial score (nSPS) is 15.9. The number of aromatic nitrogens is 3. The molecule has 0 aliphatic carbocycles. The SMILES string of the molecule is C=C1CC2C(CCc3ccc4c(oc5cc6c(ccc7ccccc76)cc54)c3-c3n(-c4c(C(C)C)cc(-c5ccccc5)cc4C(C)C)c4ccccc4[n+]31)c1ccccc1-c1ccc([Si](C)(C)C)c[n+]12. The summed E-state index contributed by atoms with van der Waals surface area (Å²) in [6.45, 7) is 22.1. The standard InChI is InChI=1S/C66H61N3OSi/c1-40(2)54-36-47(43-18-10-9-11-19-43)37-55(41(3)4)64(54)69-60-25-17-16-24-59(60)68-42(5)34-61-52(50-22-14-15-23-51(50)58-33-30-48(39-67(58)61)71(6,7)8)31-28-45-29-32-53-57-35-46-27-26-44-20-12-13-21-49(44)56(46)38-62(57)70-65(53)63(45)66(68)69/h9-27,29-30,32-33,35-41,52,61H,5,28,31,34H2,1-4,6-8H3/q+2. The highest BCUT2D eigenvalue weighted by Crippen LogP contribution is 2.49. The Morgan fingerprint density at radius 3 is 2.15 bits per heavy atom. The van der Waals surface area contributed by atoms with E-state index >= 15 is 0 Å². The third-order valence-electron chi connectivity index (χ3n) is 16.1. The van der Waals surface area contributed by atoms with Gasteiger partial charge >= 0.3 is 5.82 Å². The Labute approximate surface area is 418 Å². The average molecular weight is 940 g/mol. The van der Waals surface area contributed by atoms with Gasteiger partial charge in [0, 0.05) is 44.6 Å². The molecule has 0 saturated carbocycles. The van der Waals surface area contributed by atoms with Gasteiger partial charge < -0.3 is 4.42 Å². The summed E-state index contributed by atoms with van der Waals surface area (Å²) < 4.78 is 15.3. The van der Waals surface area contributed by atoms with Gasteiger partial charge in [0.05, 0.1) is 14.5 Å². The van der Waals surface area contributed by atoms with Crippen LogP contribution in [0.4, 0.5) is 0 Å². The van der Waals surface area contributed by atoms with Crippen LogP contribution in [0.5, 0.6) is 0 Å². The lowest BCUT2D eigenvalue weighted by Crippen LogP contribution is -2.53. The molecular weight excluding hydrogens is 879 g/mol. The van der Waals surface area contributed by atoms with Gasteiger partial charge in [0.1, 0.15) is 22.5 Å². The van der Waals surface area contributed by atoms with Crippen LogP contribution in [0.15, 0.2) is 181 Å². The van der Waals surface area contributed by atoms with Gasteiger partial charge in [0.2, 0.25) is 5.69 Å². The van der Waals surface area contributed by atoms with Crippen LogP contribution in [-0.4, -0.2) is 12.6 Å². The summed E-state index contributed by atoms with van der Waals surface area (Å²) >= 11 is 0. The van der Waals surface area contributed by atoms with E-state index in [1.807, 2.05) is 0 Å². The molecule has 0 fully saturated rings. The number of benzene rings is 8. The molecule has 2 aliphatic rings. The number of hydrogen-bond acceptors (Lipinski definition) is 1. The second-order valence-electron chi connectivity index (χ2n) is 22.1. The molecule has 0 spiro atoms. The smallest absolute Gasteiger partial charge is 0.304 e. The van der Waals surface area contributed by atoms with Crippen LogP contribution in [0.1, 0.15) is 86.6 Å². The fourth-order valence-corrected chi connectivity index (χ4v) is 13.7. The van der Waals surface area contributed by atoms with Crippen LogP contribution >= 0.6 is 0 Å². The fourth-order valence-electron chi connectivity index (χ4n) is 12.5. The molecule has 0 bridgehead atoms. The molecule has 2 aliphatic heterocycles. The van der Waals surface area contributed by atoms with E-state index in [0.717, 1.165) is 69.3 Å². The minimum Gasteiger partial charge on any atom is -0.455 e. The topological polar surface area (TPSA) is 25.8 Å². The first-order chi connectivity index (χ1) is 34.4. The first-order valence-corrected chi connectivity index (χ1v) is 29.3. The molecule has 13 rings (SSSR count). The van der Waals surface area contributed by atoms with E-state index in [1.165, 1.54) is 77.1 Å². The van der Waals surface area contributed by atoms with Crippen molar-refractivity contribution < 1.29 is 13.6 Å². The Morgan fingerprint density at radius 2 is 1.37 bits per heavy atom. The maximum absolute atomic E-state index is 7.49. The van der Waals surface area contributed by atoms with E-state index < -0.39 is 8.07 Å². The summed E-state index contributed by atoms with van der Waals surface area (Å²) in [5.74, 6) is 1.83. The van der Waals surface area contributed by atoms with Crippen molar-refractivity contribution in [3.05, 3.63) is 199 Å². The van der Waals surface area contributed by atoms with Gasteiger partial charge in [0.15, 0.2) is 28.9 Å². The molecule has 0 amide bonds. The molecule has 0 radical (unpaired) electrons. The molecule has 71 heavy (non-hydrogen) atoms. The van der Waals surface area contributed by atoms with Crippen LogP contribution in [0.3, 0.4) is 0 Å². The fraction of sp³-hybridized carbons (Fsp3) is 0.212. The average Bonchev–Trinajstić information content (AvgIpc) is 3.92. The van der Waals surface area contributed by atoms with Gasteiger partial charge in [-0.2, -0.15) is 13.7 Å². The van der Waals surface area contributed by atoms with Crippen molar-refractivity contribution in [2.75, 3.05) is 0 Å². The highest BCUT2D eigenvalue weighted by Gasteiger charge is 2.45. The lowest BCUT2D eigenvalue weighted by molar-refractivity contribution is -0.719. The van der Waals surface area contributed by atoms with Crippen LogP contribution in [0.25, 0.3) is 99.7 Å². The maximum atomic E-state index is 7.49. The number of pyridine rings is 1. The Kier molecular flexibility index (Phi) is 10.1. The van der Waals surface area contributed by atoms with Crippen molar-refractivity contribution in [3.63, 3.8) is 0 Å². The number of fused-ring (bicyclic) bond motifs is 18. The molecule has 5 heterocycles. The van der Waals surface area contributed by atoms with Crippen molar-refractivity contribution in [2.24, 2.45) is 0 Å². The second-order valence-corrected chi connectivity index (χ2v) is 27.2. The summed E-state index contributed by atoms with van der Waals surface area (Å²) in [7, 11) is -1.66. The summed E-state index contributed by atoms with van der Waals surface area (Å²) in [4.78, 5) is 0. The second kappa shape index (κ2) is 16.4. The van der Waals surface area contributed by atoms with Crippen LogP contribution in [0, 0.1) is 0 Å². The molecule has 348 valence electrons. The van der Waals surface area contributed by atoms with Crippen LogP contribution in [0.2, 0.25) is 19.6 Å². The van der Waals surface area contributed by atoms with E-state index in [1.54, 1.807) is 0 Å². The number of allylic oxidation sites excluding steroid dienone is 1. The van der Waals surface area contributed by atoms with Gasteiger partial charge in [-0.1, -0.05) is 169 Å². The van der Waals surface area contributed by atoms with Gasteiger partial charge in [-0.15, -0.1) is 0 Å². The third-order valence-corrected chi connectivity index (χ3v) is 18.2. The van der Waals surface area contributed by atoms with Crippen molar-refractivity contribution >= 4 is 73.5 Å². The van der Waals surface area contributed by atoms with Crippen molar-refractivity contribution in [2.45, 2.75) is 90.4 Å². The predicted molar refractivity (Wildman–Crippen MR) is 300 cm³/mol. The summed E-state index contributed by atoms with van der Waals surface area (Å²) in [6.07, 6.45) is 5.17. The highest BCUT2D eigenvalue weighted by atomic mass is 28.3. The van der Waals surface area contributed by atoms with E-state index in [0.29, 0.717) is 0 Å². The van der Waals surface area contributed by atoms with Gasteiger partial charge in [-0.05, 0) is 111 Å². The van der Waals surface area contributed by atoms with E-state index in [9.17, 15) is 0 Å². The van der Waals surface area contributed by atoms with Crippen molar-refractivity contribution in [1.82, 2.24) is 4.57 Å². The number of furan rings is 1. The highest BCUT2D eigenvalue weighted by molar-refractivity contribution is 6.88. The van der Waals surface area contributed by atoms with Gasteiger partial charge in [-0.25, -0.2) is 0 Å². The Hall–Kier alpha value is -7.34. The zero-order valence-electron chi connectivity index (χ0n) is 42.1. The zero-order chi connectivity index (χ0) is 48.4. The largest absolute Gasteiger partial charge is 0.455 e. The molecule has 4 nitrogen and oxygen atoms in total. The molecular formula is C66H61N3OSi+2.